The Morgan fingerprint density at radius 1 is 1.39 bits per heavy atom. The molecule has 100 valence electrons. The van der Waals surface area contributed by atoms with Crippen LogP contribution in [-0.4, -0.2) is 13.7 Å². The lowest BCUT2D eigenvalue weighted by molar-refractivity contribution is 0.230. The zero-order valence-electron chi connectivity index (χ0n) is 11.8. The summed E-state index contributed by atoms with van der Waals surface area (Å²) in [5.41, 5.74) is 2.80. The van der Waals surface area contributed by atoms with E-state index < -0.39 is 0 Å². The van der Waals surface area contributed by atoms with E-state index in [2.05, 4.69) is 37.4 Å². The van der Waals surface area contributed by atoms with E-state index >= 15 is 0 Å². The van der Waals surface area contributed by atoms with Gasteiger partial charge in [-0.3, -0.25) is 0 Å². The summed E-state index contributed by atoms with van der Waals surface area (Å²) in [6.45, 7) is 5.52. The van der Waals surface area contributed by atoms with E-state index in [9.17, 15) is 0 Å². The molecule has 0 bridgehead atoms. The summed E-state index contributed by atoms with van der Waals surface area (Å²) < 4.78 is 5.29. The number of methoxy groups -OCH3 is 1. The van der Waals surface area contributed by atoms with Gasteiger partial charge in [-0.1, -0.05) is 19.4 Å². The monoisotopic (exact) mass is 247 g/mol. The van der Waals surface area contributed by atoms with Crippen LogP contribution in [0.15, 0.2) is 18.2 Å². The van der Waals surface area contributed by atoms with Crippen LogP contribution in [0.4, 0.5) is 0 Å². The lowest BCUT2D eigenvalue weighted by atomic mass is 9.76. The molecule has 0 heterocycles. The van der Waals surface area contributed by atoms with Gasteiger partial charge in [-0.2, -0.15) is 0 Å². The lowest BCUT2D eigenvalue weighted by Crippen LogP contribution is -2.33. The summed E-state index contributed by atoms with van der Waals surface area (Å²) in [7, 11) is 1.73. The average Bonchev–Trinajstić information content (AvgIpc) is 2.32. The standard InChI is InChI=1S/C16H25NO/c1-4-10-17-16(13-6-5-7-13)15-9-8-14(18-3)11-12(15)2/h8-9,11,13,16-17H,4-7,10H2,1-3H3. The van der Waals surface area contributed by atoms with Crippen molar-refractivity contribution in [3.05, 3.63) is 29.3 Å². The summed E-state index contributed by atoms with van der Waals surface area (Å²) in [4.78, 5) is 0. The molecule has 1 fully saturated rings. The third-order valence-electron chi connectivity index (χ3n) is 4.05. The van der Waals surface area contributed by atoms with Crippen molar-refractivity contribution in [1.82, 2.24) is 5.32 Å². The zero-order valence-corrected chi connectivity index (χ0v) is 11.8. The van der Waals surface area contributed by atoms with Gasteiger partial charge in [-0.05, 0) is 61.9 Å². The molecule has 18 heavy (non-hydrogen) atoms. The first-order valence-electron chi connectivity index (χ1n) is 7.14. The van der Waals surface area contributed by atoms with Crippen molar-refractivity contribution in [2.45, 2.75) is 45.6 Å². The highest BCUT2D eigenvalue weighted by atomic mass is 16.5. The summed E-state index contributed by atoms with van der Waals surface area (Å²) in [5, 5.41) is 3.73. The topological polar surface area (TPSA) is 21.3 Å². The normalized spacial score (nSPS) is 17.3. The number of benzene rings is 1. The van der Waals surface area contributed by atoms with E-state index in [0.717, 1.165) is 18.2 Å². The summed E-state index contributed by atoms with van der Waals surface area (Å²) >= 11 is 0. The number of aryl methyl sites for hydroxylation is 1. The van der Waals surface area contributed by atoms with Crippen molar-refractivity contribution >= 4 is 0 Å². The maximum atomic E-state index is 5.29. The van der Waals surface area contributed by atoms with Gasteiger partial charge in [0.25, 0.3) is 0 Å². The predicted octanol–water partition coefficient (Wildman–Crippen LogP) is 3.84. The van der Waals surface area contributed by atoms with Gasteiger partial charge in [0.1, 0.15) is 5.75 Å². The summed E-state index contributed by atoms with van der Waals surface area (Å²) in [6, 6.07) is 7.00. The second kappa shape index (κ2) is 6.24. The molecule has 1 atom stereocenters. The van der Waals surface area contributed by atoms with Crippen LogP contribution in [-0.2, 0) is 0 Å². The van der Waals surface area contributed by atoms with E-state index in [0.29, 0.717) is 6.04 Å². The van der Waals surface area contributed by atoms with Gasteiger partial charge in [0.2, 0.25) is 0 Å². The van der Waals surface area contributed by atoms with Gasteiger partial charge in [-0.15, -0.1) is 0 Å². The van der Waals surface area contributed by atoms with Crippen molar-refractivity contribution in [3.63, 3.8) is 0 Å². The Hall–Kier alpha value is -1.02. The SMILES string of the molecule is CCCNC(c1ccc(OC)cc1C)C1CCC1. The number of hydrogen-bond acceptors (Lipinski definition) is 2. The van der Waals surface area contributed by atoms with Crippen LogP contribution in [0.1, 0.15) is 49.8 Å². The van der Waals surface area contributed by atoms with Crippen molar-refractivity contribution in [1.29, 1.82) is 0 Å². The van der Waals surface area contributed by atoms with Gasteiger partial charge in [0, 0.05) is 6.04 Å². The molecule has 1 saturated carbocycles. The predicted molar refractivity (Wildman–Crippen MR) is 76.1 cm³/mol. The molecule has 1 aromatic rings. The third-order valence-corrected chi connectivity index (χ3v) is 4.05. The molecule has 1 aromatic carbocycles. The Balaban J connectivity index is 2.18. The van der Waals surface area contributed by atoms with E-state index in [1.807, 2.05) is 0 Å². The van der Waals surface area contributed by atoms with Gasteiger partial charge in [0.05, 0.1) is 7.11 Å². The smallest absolute Gasteiger partial charge is 0.119 e. The quantitative estimate of drug-likeness (QED) is 0.824. The zero-order chi connectivity index (χ0) is 13.0. The second-order valence-corrected chi connectivity index (χ2v) is 5.35. The number of rotatable bonds is 6. The van der Waals surface area contributed by atoms with Crippen molar-refractivity contribution in [2.24, 2.45) is 5.92 Å². The molecule has 2 nitrogen and oxygen atoms in total. The van der Waals surface area contributed by atoms with Crippen LogP contribution in [0.25, 0.3) is 0 Å². The molecule has 0 amide bonds. The molecule has 0 saturated heterocycles. The maximum Gasteiger partial charge on any atom is 0.119 e. The molecular formula is C16H25NO. The van der Waals surface area contributed by atoms with Crippen molar-refractivity contribution in [2.75, 3.05) is 13.7 Å². The highest BCUT2D eigenvalue weighted by molar-refractivity contribution is 5.37. The minimum Gasteiger partial charge on any atom is -0.497 e. The van der Waals surface area contributed by atoms with Gasteiger partial charge in [-0.25, -0.2) is 0 Å². The Bertz CT molecular complexity index is 385. The van der Waals surface area contributed by atoms with Crippen molar-refractivity contribution in [3.8, 4) is 5.75 Å². The first-order valence-corrected chi connectivity index (χ1v) is 7.14. The summed E-state index contributed by atoms with van der Waals surface area (Å²) in [6.07, 6.45) is 5.32. The molecule has 0 aromatic heterocycles. The fourth-order valence-corrected chi connectivity index (χ4v) is 2.73. The Labute approximate surface area is 111 Å². The van der Waals surface area contributed by atoms with E-state index in [-0.39, 0.29) is 0 Å². The number of nitrogens with one attached hydrogen (secondary N) is 1. The van der Waals surface area contributed by atoms with Gasteiger partial charge in [0.15, 0.2) is 0 Å². The van der Waals surface area contributed by atoms with E-state index in [4.69, 9.17) is 4.74 Å². The van der Waals surface area contributed by atoms with Crippen LogP contribution in [0.3, 0.4) is 0 Å². The molecule has 1 aliphatic carbocycles. The van der Waals surface area contributed by atoms with E-state index in [1.165, 1.54) is 36.8 Å². The highest BCUT2D eigenvalue weighted by Gasteiger charge is 2.28. The molecule has 1 N–H and O–H groups in total. The van der Waals surface area contributed by atoms with Gasteiger partial charge < -0.3 is 10.1 Å². The fraction of sp³-hybridized carbons (Fsp3) is 0.625. The highest BCUT2D eigenvalue weighted by Crippen LogP contribution is 2.39. The first-order chi connectivity index (χ1) is 8.76. The van der Waals surface area contributed by atoms with Crippen LogP contribution >= 0.6 is 0 Å². The third kappa shape index (κ3) is 2.86. The molecule has 0 spiro atoms. The molecule has 1 unspecified atom stereocenters. The van der Waals surface area contributed by atoms with E-state index in [1.54, 1.807) is 7.11 Å². The van der Waals surface area contributed by atoms with Crippen LogP contribution in [0.2, 0.25) is 0 Å². The first kappa shape index (κ1) is 13.4. The van der Waals surface area contributed by atoms with Crippen molar-refractivity contribution < 1.29 is 4.74 Å². The average molecular weight is 247 g/mol. The molecule has 2 heteroatoms. The molecular weight excluding hydrogens is 222 g/mol. The Morgan fingerprint density at radius 3 is 2.67 bits per heavy atom. The largest absolute Gasteiger partial charge is 0.497 e. The minimum atomic E-state index is 0.532. The summed E-state index contributed by atoms with van der Waals surface area (Å²) in [5.74, 6) is 1.78. The Morgan fingerprint density at radius 2 is 2.17 bits per heavy atom. The molecule has 2 rings (SSSR count). The second-order valence-electron chi connectivity index (χ2n) is 5.35. The van der Waals surface area contributed by atoms with Gasteiger partial charge >= 0.3 is 0 Å². The maximum absolute atomic E-state index is 5.29. The number of ether oxygens (including phenoxy) is 1. The lowest BCUT2D eigenvalue weighted by Gasteiger charge is -2.35. The molecule has 1 aliphatic rings. The molecule has 0 radical (unpaired) electrons. The minimum absolute atomic E-state index is 0.532. The fourth-order valence-electron chi connectivity index (χ4n) is 2.73. The Kier molecular flexibility index (Phi) is 4.65. The van der Waals surface area contributed by atoms with Crippen LogP contribution < -0.4 is 10.1 Å². The van der Waals surface area contributed by atoms with Crippen LogP contribution in [0, 0.1) is 12.8 Å². The van der Waals surface area contributed by atoms with Crippen LogP contribution in [0.5, 0.6) is 5.75 Å². The molecule has 0 aliphatic heterocycles. The number of hydrogen-bond donors (Lipinski definition) is 1.